The van der Waals surface area contributed by atoms with E-state index in [0.29, 0.717) is 26.2 Å². The molecule has 3 rings (SSSR count). The molecule has 2 amide bonds. The minimum absolute atomic E-state index is 0.0614. The third-order valence-electron chi connectivity index (χ3n) is 4.93. The maximum absolute atomic E-state index is 12.4. The zero-order valence-electron chi connectivity index (χ0n) is 14.9. The molecule has 2 heterocycles. The fraction of sp³-hybridized carbons (Fsp3) is 0.579. The van der Waals surface area contributed by atoms with Gasteiger partial charge in [0.25, 0.3) is 0 Å². The number of benzene rings is 1. The van der Waals surface area contributed by atoms with Crippen molar-refractivity contribution in [3.8, 4) is 0 Å². The Morgan fingerprint density at radius 1 is 1.20 bits per heavy atom. The lowest BCUT2D eigenvalue weighted by atomic mass is 10.0. The van der Waals surface area contributed by atoms with Crippen LogP contribution in [-0.4, -0.2) is 55.7 Å². The molecular weight excluding hydrogens is 318 g/mol. The summed E-state index contributed by atoms with van der Waals surface area (Å²) in [6.45, 7) is 4.80. The fourth-order valence-corrected chi connectivity index (χ4v) is 3.64. The molecule has 0 aliphatic carbocycles. The van der Waals surface area contributed by atoms with E-state index in [1.54, 1.807) is 4.90 Å². The Morgan fingerprint density at radius 3 is 2.72 bits per heavy atom. The van der Waals surface area contributed by atoms with Crippen molar-refractivity contribution in [2.45, 2.75) is 38.6 Å². The Bertz CT molecular complexity index is 612. The molecule has 0 unspecified atom stereocenters. The maximum atomic E-state index is 12.4. The molecule has 0 bridgehead atoms. The van der Waals surface area contributed by atoms with Crippen LogP contribution in [0.5, 0.6) is 0 Å². The van der Waals surface area contributed by atoms with Gasteiger partial charge in [-0.05, 0) is 44.2 Å². The van der Waals surface area contributed by atoms with E-state index in [-0.39, 0.29) is 18.0 Å². The molecule has 0 spiro atoms. The van der Waals surface area contributed by atoms with Crippen molar-refractivity contribution in [3.63, 3.8) is 0 Å². The molecule has 0 atom stereocenters. The topological polar surface area (TPSA) is 61.9 Å². The Morgan fingerprint density at radius 2 is 1.96 bits per heavy atom. The van der Waals surface area contributed by atoms with Crippen LogP contribution in [0.1, 0.15) is 31.7 Å². The number of ether oxygens (including phenoxy) is 1. The standard InChI is InChI=1S/C19H27N3O3/c1-2-25-19(24)21-12-9-16(10-13-21)20-18(23)14-22-11-5-7-15-6-3-4-8-17(15)22/h3-4,6,8,16H,2,5,7,9-14H2,1H3,(H,20,23). The third-order valence-corrected chi connectivity index (χ3v) is 4.93. The summed E-state index contributed by atoms with van der Waals surface area (Å²) in [4.78, 5) is 28.0. The number of para-hydroxylation sites is 1. The number of anilines is 1. The van der Waals surface area contributed by atoms with Gasteiger partial charge in [0.2, 0.25) is 5.91 Å². The van der Waals surface area contributed by atoms with Crippen LogP contribution in [0.15, 0.2) is 24.3 Å². The summed E-state index contributed by atoms with van der Waals surface area (Å²) in [6.07, 6.45) is 3.47. The van der Waals surface area contributed by atoms with E-state index < -0.39 is 0 Å². The van der Waals surface area contributed by atoms with Crippen molar-refractivity contribution in [1.82, 2.24) is 10.2 Å². The van der Waals surface area contributed by atoms with E-state index in [4.69, 9.17) is 4.74 Å². The number of nitrogens with one attached hydrogen (secondary N) is 1. The number of hydrogen-bond donors (Lipinski definition) is 1. The van der Waals surface area contributed by atoms with E-state index in [2.05, 4.69) is 28.4 Å². The number of hydrogen-bond acceptors (Lipinski definition) is 4. The van der Waals surface area contributed by atoms with Crippen LogP contribution < -0.4 is 10.2 Å². The Balaban J connectivity index is 1.47. The van der Waals surface area contributed by atoms with E-state index in [1.165, 1.54) is 11.3 Å². The van der Waals surface area contributed by atoms with E-state index in [1.807, 2.05) is 13.0 Å². The lowest BCUT2D eigenvalue weighted by Gasteiger charge is -2.33. The molecule has 136 valence electrons. The van der Waals surface area contributed by atoms with E-state index in [9.17, 15) is 9.59 Å². The fourth-order valence-electron chi connectivity index (χ4n) is 3.64. The third kappa shape index (κ3) is 4.44. The first-order chi connectivity index (χ1) is 12.2. The normalized spacial score (nSPS) is 17.8. The predicted molar refractivity (Wildman–Crippen MR) is 96.7 cm³/mol. The zero-order valence-corrected chi connectivity index (χ0v) is 14.9. The molecule has 1 aromatic rings. The van der Waals surface area contributed by atoms with Gasteiger partial charge in [-0.15, -0.1) is 0 Å². The SMILES string of the molecule is CCOC(=O)N1CCC(NC(=O)CN2CCCc3ccccc32)CC1. The summed E-state index contributed by atoms with van der Waals surface area (Å²) in [7, 11) is 0. The van der Waals surface area contributed by atoms with Gasteiger partial charge < -0.3 is 19.9 Å². The second-order valence-electron chi connectivity index (χ2n) is 6.68. The average molecular weight is 345 g/mol. The molecule has 6 nitrogen and oxygen atoms in total. The molecule has 0 saturated carbocycles. The number of carbonyl (C=O) groups is 2. The first-order valence-electron chi connectivity index (χ1n) is 9.21. The first-order valence-corrected chi connectivity index (χ1v) is 9.21. The van der Waals surface area contributed by atoms with E-state index >= 15 is 0 Å². The summed E-state index contributed by atoms with van der Waals surface area (Å²) < 4.78 is 5.02. The molecule has 1 saturated heterocycles. The van der Waals surface area contributed by atoms with Gasteiger partial charge in [-0.2, -0.15) is 0 Å². The van der Waals surface area contributed by atoms with Gasteiger partial charge in [0.1, 0.15) is 0 Å². The highest BCUT2D eigenvalue weighted by atomic mass is 16.6. The summed E-state index contributed by atoms with van der Waals surface area (Å²) in [5, 5.41) is 3.13. The summed E-state index contributed by atoms with van der Waals surface area (Å²) >= 11 is 0. The van der Waals surface area contributed by atoms with Crippen molar-refractivity contribution < 1.29 is 14.3 Å². The smallest absolute Gasteiger partial charge is 0.409 e. The number of likely N-dealkylation sites (tertiary alicyclic amines) is 1. The van der Waals surface area contributed by atoms with Gasteiger partial charge in [0, 0.05) is 31.4 Å². The molecule has 0 aromatic heterocycles. The highest BCUT2D eigenvalue weighted by molar-refractivity contribution is 5.82. The molecular formula is C19H27N3O3. The first kappa shape index (κ1) is 17.6. The highest BCUT2D eigenvalue weighted by Gasteiger charge is 2.25. The number of piperidine rings is 1. The Hall–Kier alpha value is -2.24. The Kier molecular flexibility index (Phi) is 5.79. The molecule has 1 N–H and O–H groups in total. The van der Waals surface area contributed by atoms with Gasteiger partial charge in [-0.3, -0.25) is 4.79 Å². The molecule has 6 heteroatoms. The number of rotatable bonds is 4. The summed E-state index contributed by atoms with van der Waals surface area (Å²) in [5.74, 6) is 0.0614. The molecule has 1 fully saturated rings. The number of aryl methyl sites for hydroxylation is 1. The summed E-state index contributed by atoms with van der Waals surface area (Å²) in [6, 6.07) is 8.46. The predicted octanol–water partition coefficient (Wildman–Crippen LogP) is 2.18. The second-order valence-corrected chi connectivity index (χ2v) is 6.68. The van der Waals surface area contributed by atoms with Crippen LogP contribution in [0.2, 0.25) is 0 Å². The number of amides is 2. The van der Waals surface area contributed by atoms with Crippen LogP contribution in [-0.2, 0) is 16.0 Å². The molecule has 0 radical (unpaired) electrons. The lowest BCUT2D eigenvalue weighted by molar-refractivity contribution is -0.120. The minimum Gasteiger partial charge on any atom is -0.450 e. The van der Waals surface area contributed by atoms with Crippen molar-refractivity contribution >= 4 is 17.7 Å². The average Bonchev–Trinajstić information content (AvgIpc) is 2.63. The van der Waals surface area contributed by atoms with Gasteiger partial charge in [0.05, 0.1) is 13.2 Å². The van der Waals surface area contributed by atoms with Crippen LogP contribution in [0.4, 0.5) is 10.5 Å². The Labute approximate surface area is 149 Å². The zero-order chi connectivity index (χ0) is 17.6. The minimum atomic E-state index is -0.253. The van der Waals surface area contributed by atoms with Gasteiger partial charge in [-0.25, -0.2) is 4.79 Å². The summed E-state index contributed by atoms with van der Waals surface area (Å²) in [5.41, 5.74) is 2.50. The molecule has 1 aromatic carbocycles. The van der Waals surface area contributed by atoms with Crippen molar-refractivity contribution in [2.75, 3.05) is 37.7 Å². The van der Waals surface area contributed by atoms with Crippen LogP contribution in [0.3, 0.4) is 0 Å². The maximum Gasteiger partial charge on any atom is 0.409 e. The number of nitrogens with zero attached hydrogens (tertiary/aromatic N) is 2. The van der Waals surface area contributed by atoms with Crippen molar-refractivity contribution in [2.24, 2.45) is 0 Å². The van der Waals surface area contributed by atoms with Gasteiger partial charge in [-0.1, -0.05) is 18.2 Å². The van der Waals surface area contributed by atoms with Crippen molar-refractivity contribution in [3.05, 3.63) is 29.8 Å². The number of fused-ring (bicyclic) bond motifs is 1. The largest absolute Gasteiger partial charge is 0.450 e. The second kappa shape index (κ2) is 8.23. The van der Waals surface area contributed by atoms with Crippen LogP contribution in [0, 0.1) is 0 Å². The highest BCUT2D eigenvalue weighted by Crippen LogP contribution is 2.26. The molecule has 2 aliphatic rings. The van der Waals surface area contributed by atoms with Crippen LogP contribution >= 0.6 is 0 Å². The van der Waals surface area contributed by atoms with Gasteiger partial charge in [0.15, 0.2) is 0 Å². The van der Waals surface area contributed by atoms with Crippen LogP contribution in [0.25, 0.3) is 0 Å². The quantitative estimate of drug-likeness (QED) is 0.908. The lowest BCUT2D eigenvalue weighted by Crippen LogP contribution is -2.49. The van der Waals surface area contributed by atoms with E-state index in [0.717, 1.165) is 32.2 Å². The monoisotopic (exact) mass is 345 g/mol. The number of carbonyl (C=O) groups excluding carboxylic acids is 2. The van der Waals surface area contributed by atoms with Gasteiger partial charge >= 0.3 is 6.09 Å². The van der Waals surface area contributed by atoms with Crippen molar-refractivity contribution in [1.29, 1.82) is 0 Å². The molecule has 2 aliphatic heterocycles. The molecule has 25 heavy (non-hydrogen) atoms.